The third-order valence-electron chi connectivity index (χ3n) is 4.83. The number of nitrogens with one attached hydrogen (secondary N) is 2. The highest BCUT2D eigenvalue weighted by molar-refractivity contribution is 6.02. The zero-order valence-electron chi connectivity index (χ0n) is 16.9. The molecule has 5 heteroatoms. The van der Waals surface area contributed by atoms with Gasteiger partial charge in [0.2, 0.25) is 5.91 Å². The highest BCUT2D eigenvalue weighted by Crippen LogP contribution is 2.30. The van der Waals surface area contributed by atoms with E-state index in [1.807, 2.05) is 55.5 Å². The summed E-state index contributed by atoms with van der Waals surface area (Å²) in [6.07, 6.45) is 1.93. The zero-order valence-corrected chi connectivity index (χ0v) is 16.9. The summed E-state index contributed by atoms with van der Waals surface area (Å²) in [7, 11) is 0. The normalized spacial score (nSPS) is 14.5. The van der Waals surface area contributed by atoms with E-state index in [2.05, 4.69) is 36.6 Å². The molecule has 0 aliphatic heterocycles. The molecular formula is C23H27N3O2. The first-order valence-electron chi connectivity index (χ1n) is 9.60. The Hall–Kier alpha value is -2.95. The Morgan fingerprint density at radius 1 is 1.00 bits per heavy atom. The molecule has 0 heterocycles. The molecule has 0 saturated heterocycles. The standard InChI is InChI=1S/C23H27N3O2/c1-15(18-6-5-7-20(14-18)24-21(27)16-8-9-16)25-26-22(28)17-10-12-19(13-11-17)23(2,3)4/h5-7,10-14,16H,8-9H2,1-4H3,(H,24,27)(H,26,28)/b25-15-. The zero-order chi connectivity index (χ0) is 20.3. The van der Waals surface area contributed by atoms with E-state index in [4.69, 9.17) is 0 Å². The number of nitrogens with zero attached hydrogens (tertiary/aromatic N) is 1. The molecule has 28 heavy (non-hydrogen) atoms. The lowest BCUT2D eigenvalue weighted by molar-refractivity contribution is -0.117. The third kappa shape index (κ3) is 5.06. The first-order chi connectivity index (χ1) is 13.2. The fourth-order valence-electron chi connectivity index (χ4n) is 2.80. The second-order valence-electron chi connectivity index (χ2n) is 8.31. The van der Waals surface area contributed by atoms with Crippen molar-refractivity contribution < 1.29 is 9.59 Å². The molecule has 2 aromatic carbocycles. The van der Waals surface area contributed by atoms with Gasteiger partial charge in [0.1, 0.15) is 0 Å². The molecule has 0 aromatic heterocycles. The number of anilines is 1. The van der Waals surface area contributed by atoms with Gasteiger partial charge in [0.15, 0.2) is 0 Å². The van der Waals surface area contributed by atoms with Gasteiger partial charge in [0.25, 0.3) is 5.91 Å². The highest BCUT2D eigenvalue weighted by atomic mass is 16.2. The summed E-state index contributed by atoms with van der Waals surface area (Å²) in [4.78, 5) is 24.3. The summed E-state index contributed by atoms with van der Waals surface area (Å²) in [5.74, 6) is -0.0286. The predicted molar refractivity (Wildman–Crippen MR) is 113 cm³/mol. The van der Waals surface area contributed by atoms with E-state index in [1.54, 1.807) is 0 Å². The van der Waals surface area contributed by atoms with Gasteiger partial charge in [-0.2, -0.15) is 5.10 Å². The monoisotopic (exact) mass is 377 g/mol. The average Bonchev–Trinajstić information content (AvgIpc) is 3.51. The largest absolute Gasteiger partial charge is 0.326 e. The Morgan fingerprint density at radius 3 is 2.29 bits per heavy atom. The summed E-state index contributed by atoms with van der Waals surface area (Å²) in [5.41, 5.74) is 6.65. The number of hydrogen-bond acceptors (Lipinski definition) is 3. The van der Waals surface area contributed by atoms with Crippen molar-refractivity contribution in [2.75, 3.05) is 5.32 Å². The predicted octanol–water partition coefficient (Wildman–Crippen LogP) is 4.49. The summed E-state index contributed by atoms with van der Waals surface area (Å²) in [6.45, 7) is 8.23. The number of hydrazone groups is 1. The van der Waals surface area contributed by atoms with Gasteiger partial charge >= 0.3 is 0 Å². The first kappa shape index (κ1) is 19.8. The smallest absolute Gasteiger partial charge is 0.271 e. The van der Waals surface area contributed by atoms with Gasteiger partial charge in [0, 0.05) is 17.2 Å². The molecule has 1 aliphatic carbocycles. The topological polar surface area (TPSA) is 70.6 Å². The van der Waals surface area contributed by atoms with E-state index in [1.165, 1.54) is 5.56 Å². The molecule has 1 aliphatic rings. The van der Waals surface area contributed by atoms with Crippen LogP contribution in [0.15, 0.2) is 53.6 Å². The van der Waals surface area contributed by atoms with Crippen LogP contribution in [0, 0.1) is 5.92 Å². The molecule has 5 nitrogen and oxygen atoms in total. The van der Waals surface area contributed by atoms with Crippen LogP contribution < -0.4 is 10.7 Å². The maximum atomic E-state index is 12.4. The maximum absolute atomic E-state index is 12.4. The molecule has 3 rings (SSSR count). The molecule has 2 aromatic rings. The minimum absolute atomic E-state index is 0.0453. The minimum Gasteiger partial charge on any atom is -0.326 e. The Labute approximate surface area is 166 Å². The van der Waals surface area contributed by atoms with Gasteiger partial charge in [-0.3, -0.25) is 9.59 Å². The van der Waals surface area contributed by atoms with Crippen LogP contribution in [0.5, 0.6) is 0 Å². The van der Waals surface area contributed by atoms with Crippen molar-refractivity contribution in [1.29, 1.82) is 0 Å². The van der Waals surface area contributed by atoms with Crippen LogP contribution in [-0.4, -0.2) is 17.5 Å². The number of rotatable bonds is 5. The molecule has 2 amide bonds. The van der Waals surface area contributed by atoms with E-state index in [0.29, 0.717) is 11.3 Å². The van der Waals surface area contributed by atoms with Gasteiger partial charge in [-0.15, -0.1) is 0 Å². The van der Waals surface area contributed by atoms with Gasteiger partial charge in [-0.05, 0) is 60.6 Å². The van der Waals surface area contributed by atoms with Crippen LogP contribution >= 0.6 is 0 Å². The summed E-state index contributed by atoms with van der Waals surface area (Å²) in [6, 6.07) is 15.0. The second-order valence-corrected chi connectivity index (χ2v) is 8.31. The van der Waals surface area contributed by atoms with Crippen molar-refractivity contribution in [2.45, 2.75) is 46.0 Å². The fraction of sp³-hybridized carbons (Fsp3) is 0.348. The lowest BCUT2D eigenvalue weighted by atomic mass is 9.87. The summed E-state index contributed by atoms with van der Waals surface area (Å²) < 4.78 is 0. The van der Waals surface area contributed by atoms with E-state index in [0.717, 1.165) is 24.1 Å². The fourth-order valence-corrected chi connectivity index (χ4v) is 2.80. The van der Waals surface area contributed by atoms with Crippen LogP contribution in [0.4, 0.5) is 5.69 Å². The number of carbonyl (C=O) groups excluding carboxylic acids is 2. The van der Waals surface area contributed by atoms with E-state index >= 15 is 0 Å². The SMILES string of the molecule is C/C(=N/NC(=O)c1ccc(C(C)(C)C)cc1)c1cccc(NC(=O)C2CC2)c1. The van der Waals surface area contributed by atoms with Crippen molar-refractivity contribution >= 4 is 23.2 Å². The molecule has 1 fully saturated rings. The van der Waals surface area contributed by atoms with Gasteiger partial charge in [-0.1, -0.05) is 45.0 Å². The van der Waals surface area contributed by atoms with Gasteiger partial charge in [-0.25, -0.2) is 5.43 Å². The van der Waals surface area contributed by atoms with Crippen molar-refractivity contribution in [2.24, 2.45) is 11.0 Å². The van der Waals surface area contributed by atoms with Crippen LogP contribution in [0.3, 0.4) is 0 Å². The second kappa shape index (κ2) is 7.97. The van der Waals surface area contributed by atoms with Crippen LogP contribution in [0.25, 0.3) is 0 Å². The minimum atomic E-state index is -0.252. The number of benzene rings is 2. The lowest BCUT2D eigenvalue weighted by Gasteiger charge is -2.18. The quantitative estimate of drug-likeness (QED) is 0.595. The third-order valence-corrected chi connectivity index (χ3v) is 4.83. The van der Waals surface area contributed by atoms with E-state index in [9.17, 15) is 9.59 Å². The molecule has 0 atom stereocenters. The number of carbonyl (C=O) groups is 2. The van der Waals surface area contributed by atoms with Crippen LogP contribution in [0.1, 0.15) is 62.0 Å². The summed E-state index contributed by atoms with van der Waals surface area (Å²) in [5, 5.41) is 7.14. The molecule has 0 bridgehead atoms. The van der Waals surface area contributed by atoms with Crippen LogP contribution in [-0.2, 0) is 10.2 Å². The highest BCUT2D eigenvalue weighted by Gasteiger charge is 2.29. The molecule has 1 saturated carbocycles. The Morgan fingerprint density at radius 2 is 1.68 bits per heavy atom. The average molecular weight is 377 g/mol. The number of hydrogen-bond donors (Lipinski definition) is 2. The first-order valence-corrected chi connectivity index (χ1v) is 9.60. The molecule has 146 valence electrons. The molecule has 0 radical (unpaired) electrons. The lowest BCUT2D eigenvalue weighted by Crippen LogP contribution is -2.20. The summed E-state index contributed by atoms with van der Waals surface area (Å²) >= 11 is 0. The van der Waals surface area contributed by atoms with Crippen molar-refractivity contribution in [3.8, 4) is 0 Å². The van der Waals surface area contributed by atoms with Crippen molar-refractivity contribution in [1.82, 2.24) is 5.43 Å². The van der Waals surface area contributed by atoms with Gasteiger partial charge < -0.3 is 5.32 Å². The van der Waals surface area contributed by atoms with Crippen molar-refractivity contribution in [3.05, 3.63) is 65.2 Å². The van der Waals surface area contributed by atoms with E-state index < -0.39 is 0 Å². The number of amides is 2. The Kier molecular flexibility index (Phi) is 5.63. The molecule has 0 unspecified atom stereocenters. The van der Waals surface area contributed by atoms with E-state index in [-0.39, 0.29) is 23.1 Å². The Balaban J connectivity index is 1.64. The molecule has 2 N–H and O–H groups in total. The molecule has 0 spiro atoms. The molecular weight excluding hydrogens is 350 g/mol. The van der Waals surface area contributed by atoms with Gasteiger partial charge in [0.05, 0.1) is 5.71 Å². The Bertz CT molecular complexity index is 904. The van der Waals surface area contributed by atoms with Crippen molar-refractivity contribution in [3.63, 3.8) is 0 Å². The van der Waals surface area contributed by atoms with Crippen LogP contribution in [0.2, 0.25) is 0 Å². The maximum Gasteiger partial charge on any atom is 0.271 e.